The van der Waals surface area contributed by atoms with Crippen LogP contribution in [0.2, 0.25) is 0 Å². The molecule has 0 heterocycles. The number of likely N-dealkylation sites (N-methyl/N-ethyl adjacent to an activating group) is 1. The highest BCUT2D eigenvalue weighted by atomic mass is 79.9. The molecule has 0 spiro atoms. The predicted octanol–water partition coefficient (Wildman–Crippen LogP) is 4.54. The second-order valence-electron chi connectivity index (χ2n) is 4.78. The van der Waals surface area contributed by atoms with Gasteiger partial charge in [-0.3, -0.25) is 0 Å². The monoisotopic (exact) mass is 339 g/mol. The van der Waals surface area contributed by atoms with Gasteiger partial charge in [0.15, 0.2) is 0 Å². The molecule has 106 valence electrons. The maximum absolute atomic E-state index is 13.8. The lowest BCUT2D eigenvalue weighted by Gasteiger charge is -2.20. The molecular weight excluding hydrogens is 324 g/mol. The largest absolute Gasteiger partial charge is 0.313 e. The molecular formula is C16H16BrF2N. The number of halogens is 3. The minimum absolute atomic E-state index is 0.0659. The van der Waals surface area contributed by atoms with Gasteiger partial charge < -0.3 is 5.32 Å². The first-order chi connectivity index (χ1) is 9.51. The standard InChI is InChI=1S/C16H16BrF2N/c1-10-3-4-12(17)9-14(10)16(20-2)8-11-7-13(18)5-6-15(11)19/h3-7,9,16,20H,8H2,1-2H3. The predicted molar refractivity (Wildman–Crippen MR) is 80.7 cm³/mol. The van der Waals surface area contributed by atoms with Crippen LogP contribution >= 0.6 is 15.9 Å². The SMILES string of the molecule is CNC(Cc1cc(F)ccc1F)c1cc(Br)ccc1C. The van der Waals surface area contributed by atoms with Crippen LogP contribution in [0, 0.1) is 18.6 Å². The molecule has 4 heteroatoms. The van der Waals surface area contributed by atoms with Crippen LogP contribution in [0.25, 0.3) is 0 Å². The molecule has 1 nitrogen and oxygen atoms in total. The van der Waals surface area contributed by atoms with Crippen LogP contribution in [-0.4, -0.2) is 7.05 Å². The Bertz CT molecular complexity index is 613. The minimum atomic E-state index is -0.415. The molecule has 2 aromatic rings. The van der Waals surface area contributed by atoms with Crippen LogP contribution < -0.4 is 5.32 Å². The highest BCUT2D eigenvalue weighted by Crippen LogP contribution is 2.26. The number of nitrogens with one attached hydrogen (secondary N) is 1. The second kappa shape index (κ2) is 6.46. The van der Waals surface area contributed by atoms with Gasteiger partial charge in [0.25, 0.3) is 0 Å². The van der Waals surface area contributed by atoms with E-state index in [2.05, 4.69) is 21.2 Å². The van der Waals surface area contributed by atoms with Crippen molar-refractivity contribution >= 4 is 15.9 Å². The Hall–Kier alpha value is -1.26. The van der Waals surface area contributed by atoms with E-state index in [0.29, 0.717) is 12.0 Å². The van der Waals surface area contributed by atoms with E-state index in [0.717, 1.165) is 21.7 Å². The zero-order valence-electron chi connectivity index (χ0n) is 11.4. The normalized spacial score (nSPS) is 12.4. The summed E-state index contributed by atoms with van der Waals surface area (Å²) in [5.41, 5.74) is 2.57. The van der Waals surface area contributed by atoms with Gasteiger partial charge in [0.2, 0.25) is 0 Å². The molecule has 0 radical (unpaired) electrons. The van der Waals surface area contributed by atoms with E-state index < -0.39 is 5.82 Å². The first-order valence-electron chi connectivity index (χ1n) is 6.38. The van der Waals surface area contributed by atoms with Gasteiger partial charge >= 0.3 is 0 Å². The molecule has 0 saturated heterocycles. The Morgan fingerprint density at radius 2 is 1.90 bits per heavy atom. The van der Waals surface area contributed by atoms with E-state index in [-0.39, 0.29) is 11.9 Å². The lowest BCUT2D eigenvalue weighted by molar-refractivity contribution is 0.542. The van der Waals surface area contributed by atoms with Gasteiger partial charge in [-0.1, -0.05) is 22.0 Å². The highest BCUT2D eigenvalue weighted by molar-refractivity contribution is 9.10. The van der Waals surface area contributed by atoms with Crippen molar-refractivity contribution in [2.75, 3.05) is 7.05 Å². The molecule has 1 atom stereocenters. The van der Waals surface area contributed by atoms with Crippen molar-refractivity contribution in [2.45, 2.75) is 19.4 Å². The van der Waals surface area contributed by atoms with Crippen LogP contribution in [0.3, 0.4) is 0 Å². The minimum Gasteiger partial charge on any atom is -0.313 e. The molecule has 2 aromatic carbocycles. The number of hydrogen-bond donors (Lipinski definition) is 1. The first kappa shape index (κ1) is 15.1. The third-order valence-electron chi connectivity index (χ3n) is 3.40. The first-order valence-corrected chi connectivity index (χ1v) is 7.18. The molecule has 1 unspecified atom stereocenters. The van der Waals surface area contributed by atoms with Gasteiger partial charge in [-0.2, -0.15) is 0 Å². The third-order valence-corrected chi connectivity index (χ3v) is 3.89. The number of benzene rings is 2. The Balaban J connectivity index is 2.33. The number of hydrogen-bond acceptors (Lipinski definition) is 1. The summed E-state index contributed by atoms with van der Waals surface area (Å²) in [5.74, 6) is -0.790. The molecule has 0 aromatic heterocycles. The van der Waals surface area contributed by atoms with Crippen molar-refractivity contribution in [1.82, 2.24) is 5.32 Å². The Morgan fingerprint density at radius 1 is 1.15 bits per heavy atom. The lowest BCUT2D eigenvalue weighted by Crippen LogP contribution is -2.20. The van der Waals surface area contributed by atoms with Gasteiger partial charge in [0, 0.05) is 10.5 Å². The van der Waals surface area contributed by atoms with Crippen molar-refractivity contribution in [1.29, 1.82) is 0 Å². The van der Waals surface area contributed by atoms with Crippen LogP contribution in [0.1, 0.15) is 22.7 Å². The maximum Gasteiger partial charge on any atom is 0.126 e. The van der Waals surface area contributed by atoms with E-state index >= 15 is 0 Å². The zero-order valence-corrected chi connectivity index (χ0v) is 13.0. The van der Waals surface area contributed by atoms with E-state index in [1.54, 1.807) is 0 Å². The maximum atomic E-state index is 13.8. The summed E-state index contributed by atoms with van der Waals surface area (Å²) < 4.78 is 28.0. The Labute approximate surface area is 126 Å². The van der Waals surface area contributed by atoms with Gasteiger partial charge in [0.05, 0.1) is 0 Å². The van der Waals surface area contributed by atoms with Crippen molar-refractivity contribution in [3.63, 3.8) is 0 Å². The van der Waals surface area contributed by atoms with E-state index in [4.69, 9.17) is 0 Å². The average Bonchev–Trinajstić information content (AvgIpc) is 2.42. The summed E-state index contributed by atoms with van der Waals surface area (Å²) in [5, 5.41) is 3.17. The second-order valence-corrected chi connectivity index (χ2v) is 5.70. The molecule has 0 aliphatic rings. The van der Waals surface area contributed by atoms with Crippen molar-refractivity contribution in [2.24, 2.45) is 0 Å². The summed E-state index contributed by atoms with van der Waals surface area (Å²) in [6, 6.07) is 9.48. The fraction of sp³-hybridized carbons (Fsp3) is 0.250. The van der Waals surface area contributed by atoms with Crippen LogP contribution in [-0.2, 0) is 6.42 Å². The topological polar surface area (TPSA) is 12.0 Å². The quantitative estimate of drug-likeness (QED) is 0.862. The summed E-state index contributed by atoms with van der Waals surface area (Å²) in [6.45, 7) is 2.01. The highest BCUT2D eigenvalue weighted by Gasteiger charge is 2.15. The van der Waals surface area contributed by atoms with Crippen molar-refractivity contribution in [3.05, 3.63) is 69.2 Å². The smallest absolute Gasteiger partial charge is 0.126 e. The van der Waals surface area contributed by atoms with Gasteiger partial charge in [0.1, 0.15) is 11.6 Å². The van der Waals surface area contributed by atoms with Gasteiger partial charge in [-0.05, 0) is 67.4 Å². The molecule has 0 fully saturated rings. The van der Waals surface area contributed by atoms with E-state index in [9.17, 15) is 8.78 Å². The Kier molecular flexibility index (Phi) is 4.89. The van der Waals surface area contributed by atoms with Gasteiger partial charge in [-0.15, -0.1) is 0 Å². The molecule has 0 saturated carbocycles. The van der Waals surface area contributed by atoms with E-state index in [1.165, 1.54) is 12.1 Å². The summed E-state index contributed by atoms with van der Waals surface area (Å²) >= 11 is 3.44. The van der Waals surface area contributed by atoms with Gasteiger partial charge in [-0.25, -0.2) is 8.78 Å². The molecule has 20 heavy (non-hydrogen) atoms. The summed E-state index contributed by atoms with van der Waals surface area (Å²) in [6.07, 6.45) is 0.400. The average molecular weight is 340 g/mol. The zero-order chi connectivity index (χ0) is 14.7. The van der Waals surface area contributed by atoms with E-state index in [1.807, 2.05) is 32.2 Å². The summed E-state index contributed by atoms with van der Waals surface area (Å²) in [4.78, 5) is 0. The van der Waals surface area contributed by atoms with Crippen LogP contribution in [0.4, 0.5) is 8.78 Å². The fourth-order valence-electron chi connectivity index (χ4n) is 2.27. The molecule has 0 amide bonds. The summed E-state index contributed by atoms with van der Waals surface area (Å²) in [7, 11) is 1.82. The van der Waals surface area contributed by atoms with Crippen LogP contribution in [0.5, 0.6) is 0 Å². The molecule has 0 aliphatic heterocycles. The van der Waals surface area contributed by atoms with Crippen LogP contribution in [0.15, 0.2) is 40.9 Å². The number of aryl methyl sites for hydroxylation is 1. The molecule has 0 aliphatic carbocycles. The third kappa shape index (κ3) is 3.44. The van der Waals surface area contributed by atoms with Crippen molar-refractivity contribution < 1.29 is 8.78 Å². The van der Waals surface area contributed by atoms with Crippen molar-refractivity contribution in [3.8, 4) is 0 Å². The molecule has 0 bridgehead atoms. The molecule has 2 rings (SSSR count). The molecule has 1 N–H and O–H groups in total. The number of rotatable bonds is 4. The fourth-order valence-corrected chi connectivity index (χ4v) is 2.65. The lowest BCUT2D eigenvalue weighted by atomic mass is 9.95. The Morgan fingerprint density at radius 3 is 2.60 bits per heavy atom.